The normalized spacial score (nSPS) is 9.14. The van der Waals surface area contributed by atoms with E-state index in [-0.39, 0.29) is 12.2 Å². The molecule has 0 heterocycles. The maximum absolute atomic E-state index is 11.2. The second kappa shape index (κ2) is 4.28. The molecule has 0 aromatic heterocycles. The molecule has 1 aromatic rings. The van der Waals surface area contributed by atoms with Crippen molar-refractivity contribution in [1.29, 1.82) is 5.26 Å². The summed E-state index contributed by atoms with van der Waals surface area (Å²) in [7, 11) is 1.27. The van der Waals surface area contributed by atoms with Gasteiger partial charge in [-0.25, -0.2) is 4.79 Å². The van der Waals surface area contributed by atoms with Gasteiger partial charge in [0.15, 0.2) is 0 Å². The molecular weight excluding hydrogens is 182 g/mol. The number of esters is 1. The average Bonchev–Trinajstić information content (AvgIpc) is 2.17. The quantitative estimate of drug-likeness (QED) is 0.714. The highest BCUT2D eigenvalue weighted by Crippen LogP contribution is 2.17. The predicted octanol–water partition coefficient (Wildman–Crippen LogP) is 1.24. The van der Waals surface area contributed by atoms with Crippen LogP contribution >= 0.6 is 0 Å². The van der Waals surface area contributed by atoms with E-state index in [9.17, 15) is 4.79 Å². The smallest absolute Gasteiger partial charge is 0.338 e. The fourth-order valence-corrected chi connectivity index (χ4v) is 1.12. The van der Waals surface area contributed by atoms with Gasteiger partial charge in [0.25, 0.3) is 0 Å². The minimum Gasteiger partial charge on any atom is -0.508 e. The van der Waals surface area contributed by atoms with Crippen LogP contribution in [0.2, 0.25) is 0 Å². The van der Waals surface area contributed by atoms with Crippen LogP contribution < -0.4 is 0 Å². The minimum atomic E-state index is -0.504. The first-order chi connectivity index (χ1) is 6.69. The SMILES string of the molecule is COC(=O)c1ccc(O)cc1CC#N. The van der Waals surface area contributed by atoms with Gasteiger partial charge in [-0.2, -0.15) is 5.26 Å². The van der Waals surface area contributed by atoms with Crippen molar-refractivity contribution in [1.82, 2.24) is 0 Å². The molecule has 0 unspecified atom stereocenters. The van der Waals surface area contributed by atoms with E-state index in [0.29, 0.717) is 11.1 Å². The van der Waals surface area contributed by atoms with Gasteiger partial charge in [0.05, 0.1) is 25.2 Å². The number of carbonyl (C=O) groups is 1. The monoisotopic (exact) mass is 191 g/mol. The van der Waals surface area contributed by atoms with Gasteiger partial charge < -0.3 is 9.84 Å². The van der Waals surface area contributed by atoms with Crippen LogP contribution in [0.25, 0.3) is 0 Å². The third kappa shape index (κ3) is 2.02. The Labute approximate surface area is 81.4 Å². The highest BCUT2D eigenvalue weighted by atomic mass is 16.5. The summed E-state index contributed by atoms with van der Waals surface area (Å²) < 4.78 is 4.53. The molecule has 4 heteroatoms. The van der Waals surface area contributed by atoms with E-state index in [1.54, 1.807) is 0 Å². The highest BCUT2D eigenvalue weighted by Gasteiger charge is 2.11. The Balaban J connectivity index is 3.15. The molecule has 0 atom stereocenters. The Kier molecular flexibility index (Phi) is 3.08. The lowest BCUT2D eigenvalue weighted by Gasteiger charge is -2.04. The van der Waals surface area contributed by atoms with Crippen molar-refractivity contribution in [2.24, 2.45) is 0 Å². The van der Waals surface area contributed by atoms with Crippen LogP contribution in [-0.2, 0) is 11.2 Å². The lowest BCUT2D eigenvalue weighted by atomic mass is 10.0. The highest BCUT2D eigenvalue weighted by molar-refractivity contribution is 5.91. The molecule has 0 radical (unpaired) electrons. The number of ether oxygens (including phenoxy) is 1. The minimum absolute atomic E-state index is 0.0305. The summed E-state index contributed by atoms with van der Waals surface area (Å²) in [6.07, 6.45) is 0.0683. The van der Waals surface area contributed by atoms with Crippen LogP contribution in [0, 0.1) is 11.3 Å². The lowest BCUT2D eigenvalue weighted by molar-refractivity contribution is 0.0599. The number of hydrogen-bond donors (Lipinski definition) is 1. The number of methoxy groups -OCH3 is 1. The maximum atomic E-state index is 11.2. The van der Waals surface area contributed by atoms with E-state index in [4.69, 9.17) is 10.4 Å². The Morgan fingerprint density at radius 1 is 1.64 bits per heavy atom. The van der Waals surface area contributed by atoms with Gasteiger partial charge in [0.2, 0.25) is 0 Å². The van der Waals surface area contributed by atoms with Gasteiger partial charge in [0, 0.05) is 0 Å². The number of nitriles is 1. The number of benzene rings is 1. The molecule has 14 heavy (non-hydrogen) atoms. The Morgan fingerprint density at radius 3 is 2.93 bits per heavy atom. The molecule has 0 aliphatic rings. The van der Waals surface area contributed by atoms with E-state index >= 15 is 0 Å². The zero-order valence-electron chi connectivity index (χ0n) is 7.65. The van der Waals surface area contributed by atoms with Crippen LogP contribution in [0.4, 0.5) is 0 Å². The zero-order chi connectivity index (χ0) is 10.6. The molecule has 72 valence electrons. The van der Waals surface area contributed by atoms with Crippen LogP contribution in [0.5, 0.6) is 5.75 Å². The fraction of sp³-hybridized carbons (Fsp3) is 0.200. The standard InChI is InChI=1S/C10H9NO3/c1-14-10(13)9-3-2-8(12)6-7(9)4-5-11/h2-3,6,12H,4H2,1H3. The van der Waals surface area contributed by atoms with E-state index in [1.807, 2.05) is 6.07 Å². The van der Waals surface area contributed by atoms with Crippen molar-refractivity contribution in [2.45, 2.75) is 6.42 Å². The molecule has 0 fully saturated rings. The van der Waals surface area contributed by atoms with Crippen molar-refractivity contribution < 1.29 is 14.6 Å². The van der Waals surface area contributed by atoms with E-state index in [2.05, 4.69) is 4.74 Å². The van der Waals surface area contributed by atoms with Gasteiger partial charge in [-0.05, 0) is 23.8 Å². The molecular formula is C10H9NO3. The van der Waals surface area contributed by atoms with E-state index < -0.39 is 5.97 Å². The summed E-state index contributed by atoms with van der Waals surface area (Å²) in [6.45, 7) is 0. The number of phenols is 1. The van der Waals surface area contributed by atoms with Crippen molar-refractivity contribution in [3.63, 3.8) is 0 Å². The Bertz CT molecular complexity index is 393. The first kappa shape index (κ1) is 10.1. The second-order valence-electron chi connectivity index (χ2n) is 2.67. The van der Waals surface area contributed by atoms with Crippen LogP contribution in [0.3, 0.4) is 0 Å². The van der Waals surface area contributed by atoms with E-state index in [1.165, 1.54) is 25.3 Å². The fourth-order valence-electron chi connectivity index (χ4n) is 1.12. The summed E-state index contributed by atoms with van der Waals surface area (Å²) in [4.78, 5) is 11.2. The molecule has 4 nitrogen and oxygen atoms in total. The summed E-state index contributed by atoms with van der Waals surface area (Å²) in [5, 5.41) is 17.7. The largest absolute Gasteiger partial charge is 0.508 e. The van der Waals surface area contributed by atoms with Gasteiger partial charge in [-0.15, -0.1) is 0 Å². The van der Waals surface area contributed by atoms with Gasteiger partial charge in [-0.3, -0.25) is 0 Å². The predicted molar refractivity (Wildman–Crippen MR) is 48.8 cm³/mol. The number of phenolic OH excluding ortho intramolecular Hbond substituents is 1. The van der Waals surface area contributed by atoms with Crippen molar-refractivity contribution in [3.05, 3.63) is 29.3 Å². The third-order valence-corrected chi connectivity index (χ3v) is 1.76. The maximum Gasteiger partial charge on any atom is 0.338 e. The third-order valence-electron chi connectivity index (χ3n) is 1.76. The number of nitrogens with zero attached hydrogens (tertiary/aromatic N) is 1. The van der Waals surface area contributed by atoms with Crippen molar-refractivity contribution >= 4 is 5.97 Å². The van der Waals surface area contributed by atoms with Gasteiger partial charge in [0.1, 0.15) is 5.75 Å². The Morgan fingerprint density at radius 2 is 2.36 bits per heavy atom. The topological polar surface area (TPSA) is 70.3 Å². The number of aromatic hydroxyl groups is 1. The first-order valence-corrected chi connectivity index (χ1v) is 3.96. The molecule has 0 aliphatic carbocycles. The number of carbonyl (C=O) groups excluding carboxylic acids is 1. The molecule has 0 spiro atoms. The summed E-state index contributed by atoms with van der Waals surface area (Å²) in [5.41, 5.74) is 0.784. The first-order valence-electron chi connectivity index (χ1n) is 3.96. The van der Waals surface area contributed by atoms with E-state index in [0.717, 1.165) is 0 Å². The molecule has 0 saturated heterocycles. The lowest BCUT2D eigenvalue weighted by Crippen LogP contribution is -2.05. The summed E-state index contributed by atoms with van der Waals surface area (Å²) >= 11 is 0. The zero-order valence-corrected chi connectivity index (χ0v) is 7.65. The molecule has 1 aromatic carbocycles. The van der Waals surface area contributed by atoms with Gasteiger partial charge in [-0.1, -0.05) is 0 Å². The molecule has 0 saturated carbocycles. The molecule has 0 aliphatic heterocycles. The summed E-state index contributed by atoms with van der Waals surface area (Å²) in [5.74, 6) is -0.474. The van der Waals surface area contributed by atoms with Crippen molar-refractivity contribution in [2.75, 3.05) is 7.11 Å². The molecule has 1 N–H and O–H groups in total. The second-order valence-corrected chi connectivity index (χ2v) is 2.67. The Hall–Kier alpha value is -2.02. The van der Waals surface area contributed by atoms with Crippen LogP contribution in [-0.4, -0.2) is 18.2 Å². The number of rotatable bonds is 2. The van der Waals surface area contributed by atoms with Gasteiger partial charge >= 0.3 is 5.97 Å². The molecule has 0 amide bonds. The van der Waals surface area contributed by atoms with Crippen LogP contribution in [0.15, 0.2) is 18.2 Å². The average molecular weight is 191 g/mol. The number of hydrogen-bond acceptors (Lipinski definition) is 4. The molecule has 1 rings (SSSR count). The van der Waals surface area contributed by atoms with Crippen molar-refractivity contribution in [3.8, 4) is 11.8 Å². The molecule has 0 bridgehead atoms. The van der Waals surface area contributed by atoms with Crippen LogP contribution in [0.1, 0.15) is 15.9 Å². The summed E-state index contributed by atoms with van der Waals surface area (Å²) in [6, 6.07) is 6.12.